The van der Waals surface area contributed by atoms with Crippen LogP contribution in [0.5, 0.6) is 0 Å². The van der Waals surface area contributed by atoms with Gasteiger partial charge in [-0.1, -0.05) is 68.5 Å². The van der Waals surface area contributed by atoms with Crippen molar-refractivity contribution in [3.8, 4) is 23.0 Å². The third-order valence-electron chi connectivity index (χ3n) is 4.83. The molecule has 0 bridgehead atoms. The Hall–Kier alpha value is -2.92. The molecule has 3 rings (SSSR count). The van der Waals surface area contributed by atoms with Crippen LogP contribution in [0.15, 0.2) is 60.7 Å². The molecular weight excluding hydrogens is 350 g/mol. The highest BCUT2D eigenvalue weighted by molar-refractivity contribution is 5.64. The number of aryl methyl sites for hydroxylation is 2. The average Bonchev–Trinajstić information content (AvgIpc) is 2.72. The quantitative estimate of drug-likeness (QED) is 0.425. The lowest BCUT2D eigenvalue weighted by Gasteiger charge is -2.05. The molecule has 0 saturated carbocycles. The first-order valence-electron chi connectivity index (χ1n) is 9.80. The van der Waals surface area contributed by atoms with Gasteiger partial charge in [-0.05, 0) is 65.8 Å². The van der Waals surface area contributed by atoms with Crippen molar-refractivity contribution in [1.82, 2.24) is 0 Å². The van der Waals surface area contributed by atoms with E-state index in [1.165, 1.54) is 30.5 Å². The Bertz CT molecular complexity index is 964. The van der Waals surface area contributed by atoms with Gasteiger partial charge in [0.2, 0.25) is 0 Å². The molecule has 142 valence electrons. The van der Waals surface area contributed by atoms with Gasteiger partial charge in [-0.3, -0.25) is 0 Å². The van der Waals surface area contributed by atoms with Gasteiger partial charge in [0.05, 0.1) is 5.56 Å². The fraction of sp³-hybridized carbons (Fsp3) is 0.231. The molecule has 0 aliphatic rings. The Kier molecular flexibility index (Phi) is 6.61. The highest BCUT2D eigenvalue weighted by atomic mass is 19.1. The van der Waals surface area contributed by atoms with Crippen LogP contribution in [0.1, 0.15) is 48.9 Å². The van der Waals surface area contributed by atoms with Crippen LogP contribution in [0.2, 0.25) is 0 Å². The second kappa shape index (κ2) is 9.33. The van der Waals surface area contributed by atoms with Gasteiger partial charge in [-0.25, -0.2) is 8.78 Å². The van der Waals surface area contributed by atoms with Crippen molar-refractivity contribution in [2.24, 2.45) is 0 Å². The van der Waals surface area contributed by atoms with Crippen molar-refractivity contribution in [1.29, 1.82) is 0 Å². The van der Waals surface area contributed by atoms with Gasteiger partial charge in [0.25, 0.3) is 0 Å². The Morgan fingerprint density at radius 3 is 1.82 bits per heavy atom. The second-order valence-electron chi connectivity index (χ2n) is 6.92. The monoisotopic (exact) mass is 374 g/mol. The minimum absolute atomic E-state index is 0.177. The average molecular weight is 374 g/mol. The summed E-state index contributed by atoms with van der Waals surface area (Å²) in [7, 11) is 0. The molecule has 0 aromatic heterocycles. The zero-order chi connectivity index (χ0) is 19.9. The molecule has 28 heavy (non-hydrogen) atoms. The maximum absolute atomic E-state index is 14.1. The van der Waals surface area contributed by atoms with E-state index in [-0.39, 0.29) is 5.56 Å². The third kappa shape index (κ3) is 4.87. The first kappa shape index (κ1) is 19.8. The molecule has 0 N–H and O–H groups in total. The fourth-order valence-electron chi connectivity index (χ4n) is 3.07. The van der Waals surface area contributed by atoms with Gasteiger partial charge < -0.3 is 0 Å². The normalized spacial score (nSPS) is 10.4. The summed E-state index contributed by atoms with van der Waals surface area (Å²) in [4.78, 5) is 0. The van der Waals surface area contributed by atoms with Gasteiger partial charge in [-0.2, -0.15) is 0 Å². The van der Waals surface area contributed by atoms with E-state index >= 15 is 0 Å². The van der Waals surface area contributed by atoms with E-state index < -0.39 is 11.6 Å². The van der Waals surface area contributed by atoms with E-state index in [2.05, 4.69) is 43.0 Å². The molecule has 0 saturated heterocycles. The lowest BCUT2D eigenvalue weighted by molar-refractivity contribution is 0.574. The maximum Gasteiger partial charge on any atom is 0.142 e. The molecular formula is C26H24F2. The molecule has 0 nitrogen and oxygen atoms in total. The van der Waals surface area contributed by atoms with E-state index in [9.17, 15) is 8.78 Å². The first-order chi connectivity index (χ1) is 13.6. The standard InChI is InChI=1S/C26H24F2/c1-3-5-6-20-7-12-22(13-8-20)23-14-9-21(10-15-23)11-16-24-25(27)17-19(4-2)18-26(24)28/h7-10,12-15,17-18H,3-6H2,1-2H3. The number of hydrogen-bond donors (Lipinski definition) is 0. The van der Waals surface area contributed by atoms with Crippen molar-refractivity contribution < 1.29 is 8.78 Å². The molecule has 3 aromatic carbocycles. The van der Waals surface area contributed by atoms with E-state index in [4.69, 9.17) is 0 Å². The molecule has 0 unspecified atom stereocenters. The highest BCUT2D eigenvalue weighted by Crippen LogP contribution is 2.21. The van der Waals surface area contributed by atoms with Crippen LogP contribution >= 0.6 is 0 Å². The van der Waals surface area contributed by atoms with Gasteiger partial charge in [0, 0.05) is 5.56 Å². The van der Waals surface area contributed by atoms with Gasteiger partial charge in [0.15, 0.2) is 0 Å². The number of rotatable bonds is 5. The molecule has 0 amide bonds. The predicted molar refractivity (Wildman–Crippen MR) is 112 cm³/mol. The molecule has 0 radical (unpaired) electrons. The van der Waals surface area contributed by atoms with E-state index in [0.29, 0.717) is 12.0 Å². The second-order valence-corrected chi connectivity index (χ2v) is 6.92. The van der Waals surface area contributed by atoms with Crippen LogP contribution in [0.4, 0.5) is 8.78 Å². The molecule has 2 heteroatoms. The van der Waals surface area contributed by atoms with Crippen LogP contribution < -0.4 is 0 Å². The summed E-state index contributed by atoms with van der Waals surface area (Å²) < 4.78 is 28.1. The summed E-state index contributed by atoms with van der Waals surface area (Å²) in [6.07, 6.45) is 4.09. The summed E-state index contributed by atoms with van der Waals surface area (Å²) >= 11 is 0. The van der Waals surface area contributed by atoms with Crippen molar-refractivity contribution in [2.75, 3.05) is 0 Å². The van der Waals surface area contributed by atoms with Crippen molar-refractivity contribution in [2.45, 2.75) is 39.5 Å². The number of hydrogen-bond acceptors (Lipinski definition) is 0. The van der Waals surface area contributed by atoms with Gasteiger partial charge in [-0.15, -0.1) is 0 Å². The lowest BCUT2D eigenvalue weighted by atomic mass is 10.0. The van der Waals surface area contributed by atoms with E-state index in [1.807, 2.05) is 31.2 Å². The minimum atomic E-state index is -0.607. The van der Waals surface area contributed by atoms with Crippen LogP contribution in [0.3, 0.4) is 0 Å². The van der Waals surface area contributed by atoms with Crippen LogP contribution in [-0.2, 0) is 12.8 Å². The highest BCUT2D eigenvalue weighted by Gasteiger charge is 2.08. The van der Waals surface area contributed by atoms with Crippen molar-refractivity contribution in [3.05, 3.63) is 94.6 Å². The summed E-state index contributed by atoms with van der Waals surface area (Å²) in [6.45, 7) is 4.06. The van der Waals surface area contributed by atoms with Crippen LogP contribution in [0, 0.1) is 23.5 Å². The smallest absolute Gasteiger partial charge is 0.142 e. The SMILES string of the molecule is CCCCc1ccc(-c2ccc(C#Cc3c(F)cc(CC)cc3F)cc2)cc1. The van der Waals surface area contributed by atoms with Crippen LogP contribution in [-0.4, -0.2) is 0 Å². The number of halogens is 2. The van der Waals surface area contributed by atoms with E-state index in [0.717, 1.165) is 23.1 Å². The fourth-order valence-corrected chi connectivity index (χ4v) is 3.07. The summed E-state index contributed by atoms with van der Waals surface area (Å²) in [6, 6.07) is 19.0. The molecule has 0 spiro atoms. The molecule has 3 aromatic rings. The molecule has 0 fully saturated rings. The number of unbranched alkanes of at least 4 members (excludes halogenated alkanes) is 1. The molecule has 0 atom stereocenters. The predicted octanol–water partition coefficient (Wildman–Crippen LogP) is 6.94. The number of benzene rings is 3. The summed E-state index contributed by atoms with van der Waals surface area (Å²) in [5.74, 6) is 4.28. The zero-order valence-electron chi connectivity index (χ0n) is 16.4. The van der Waals surface area contributed by atoms with Gasteiger partial charge in [0.1, 0.15) is 11.6 Å². The Morgan fingerprint density at radius 1 is 0.714 bits per heavy atom. The van der Waals surface area contributed by atoms with Crippen molar-refractivity contribution in [3.63, 3.8) is 0 Å². The molecule has 0 heterocycles. The van der Waals surface area contributed by atoms with E-state index in [1.54, 1.807) is 0 Å². The third-order valence-corrected chi connectivity index (χ3v) is 4.83. The van der Waals surface area contributed by atoms with Crippen molar-refractivity contribution >= 4 is 0 Å². The molecule has 0 aliphatic heterocycles. The lowest BCUT2D eigenvalue weighted by Crippen LogP contribution is -1.93. The Morgan fingerprint density at radius 2 is 1.29 bits per heavy atom. The summed E-state index contributed by atoms with van der Waals surface area (Å²) in [5.41, 5.74) is 4.77. The maximum atomic E-state index is 14.1. The Balaban J connectivity index is 1.76. The largest absolute Gasteiger partial charge is 0.206 e. The van der Waals surface area contributed by atoms with Crippen LogP contribution in [0.25, 0.3) is 11.1 Å². The first-order valence-corrected chi connectivity index (χ1v) is 9.80. The minimum Gasteiger partial charge on any atom is -0.206 e. The van der Waals surface area contributed by atoms with Gasteiger partial charge >= 0.3 is 0 Å². The Labute approximate surface area is 166 Å². The zero-order valence-corrected chi connectivity index (χ0v) is 16.4. The topological polar surface area (TPSA) is 0 Å². The molecule has 0 aliphatic carbocycles. The summed E-state index contributed by atoms with van der Waals surface area (Å²) in [5, 5.41) is 0.